The van der Waals surface area contributed by atoms with Crippen LogP contribution in [0, 0.1) is 23.7 Å². The van der Waals surface area contributed by atoms with E-state index in [9.17, 15) is 58.6 Å². The van der Waals surface area contributed by atoms with Crippen molar-refractivity contribution in [3.05, 3.63) is 0 Å². The average Bonchev–Trinajstić information content (AvgIpc) is 0.947. The van der Waals surface area contributed by atoms with E-state index in [1.165, 1.54) is 38.5 Å². The van der Waals surface area contributed by atoms with Crippen LogP contribution in [0.4, 0.5) is 4.79 Å². The zero-order valence-electron chi connectivity index (χ0n) is 60.5. The van der Waals surface area contributed by atoms with Gasteiger partial charge in [0, 0.05) is 63.7 Å². The molecule has 2 rings (SSSR count). The topological polar surface area (TPSA) is 409 Å². The number of carboxylic acid groups (broad SMARTS) is 5. The number of hydrogen-bond acceptors (Lipinski definition) is 17. The maximum Gasteiger partial charge on any atom is 0.457 e. The summed E-state index contributed by atoms with van der Waals surface area (Å²) in [6, 6.07) is -1.21. The molecule has 0 aliphatic heterocycles. The Labute approximate surface area is 595 Å². The van der Waals surface area contributed by atoms with Gasteiger partial charge in [-0.2, -0.15) is 5.48 Å². The van der Waals surface area contributed by atoms with Crippen molar-refractivity contribution in [3.8, 4) is 0 Å². The number of ether oxygens (including phenoxy) is 2. The highest BCUT2D eigenvalue weighted by Crippen LogP contribution is 2.33. The minimum Gasteiger partial charge on any atom is -0.483 e. The lowest BCUT2D eigenvalue weighted by atomic mass is 9.79. The van der Waals surface area contributed by atoms with Gasteiger partial charge in [0.1, 0.15) is 0 Å². The Balaban J connectivity index is 0.0000157. The number of hydrogen-bond donors (Lipinski definition) is 11. The van der Waals surface area contributed by atoms with Gasteiger partial charge in [-0.15, -0.1) is 0 Å². The molecule has 5 amide bonds. The van der Waals surface area contributed by atoms with E-state index in [1.807, 2.05) is 0 Å². The fourth-order valence-corrected chi connectivity index (χ4v) is 13.2. The fourth-order valence-electron chi connectivity index (χ4n) is 13.2. The second-order valence-corrected chi connectivity index (χ2v) is 27.2. The molecular formula is C73H132N6O21. The first-order valence-electron chi connectivity index (χ1n) is 38.1. The van der Waals surface area contributed by atoms with Crippen LogP contribution in [-0.2, 0) is 67.1 Å². The highest BCUT2D eigenvalue weighted by atomic mass is 16.9. The van der Waals surface area contributed by atoms with Crippen LogP contribution in [0.15, 0.2) is 0 Å². The number of unbranched alkanes of at least 4 members (excludes halogenated alkanes) is 23. The molecule has 3 atom stereocenters. The molecule has 0 aromatic heterocycles. The van der Waals surface area contributed by atoms with Gasteiger partial charge in [-0.25, -0.2) is 9.63 Å². The number of carbonyl (C=O) groups excluding carboxylic acids is 6. The number of nitrogens with zero attached hydrogens (tertiary/aromatic N) is 1. The van der Waals surface area contributed by atoms with Crippen LogP contribution in [0.3, 0.4) is 0 Å². The quantitative estimate of drug-likeness (QED) is 0.0117. The monoisotopic (exact) mass is 1430 g/mol. The molecule has 27 heteroatoms. The molecule has 2 saturated carbocycles. The Morgan fingerprint density at radius 2 is 0.730 bits per heavy atom. The van der Waals surface area contributed by atoms with Crippen molar-refractivity contribution in [1.29, 1.82) is 0 Å². The normalized spacial score (nSPS) is 16.4. The molecule has 11 N–H and O–H groups in total. The van der Waals surface area contributed by atoms with Crippen LogP contribution in [0.1, 0.15) is 315 Å². The zero-order valence-corrected chi connectivity index (χ0v) is 60.5. The summed E-state index contributed by atoms with van der Waals surface area (Å²) in [5.74, 6) is 0.597. The molecule has 1 unspecified atom stereocenters. The van der Waals surface area contributed by atoms with Gasteiger partial charge < -0.3 is 61.1 Å². The maximum absolute atomic E-state index is 13.4. The lowest BCUT2D eigenvalue weighted by molar-refractivity contribution is -0.304. The summed E-state index contributed by atoms with van der Waals surface area (Å²) in [4.78, 5) is 134. The van der Waals surface area contributed by atoms with Gasteiger partial charge in [0.05, 0.1) is 32.5 Å². The van der Waals surface area contributed by atoms with Gasteiger partial charge in [0.2, 0.25) is 23.6 Å². The molecule has 0 heterocycles. The summed E-state index contributed by atoms with van der Waals surface area (Å²) in [6.07, 6.45) is 40.7. The Kier molecular flexibility index (Phi) is 64.3. The molecule has 0 aromatic rings. The molecule has 100 heavy (non-hydrogen) atoms. The number of carbonyl (C=O) groups is 11. The number of hydroxylamine groups is 3. The second-order valence-electron chi connectivity index (χ2n) is 27.2. The molecule has 0 spiro atoms. The Morgan fingerprint density at radius 3 is 1.17 bits per heavy atom. The summed E-state index contributed by atoms with van der Waals surface area (Å²) in [5.41, 5.74) is 3.13. The molecular weight excluding hydrogens is 1300 g/mol. The van der Waals surface area contributed by atoms with E-state index >= 15 is 0 Å². The van der Waals surface area contributed by atoms with E-state index < -0.39 is 30.1 Å². The van der Waals surface area contributed by atoms with E-state index in [0.717, 1.165) is 193 Å². The Morgan fingerprint density at radius 1 is 0.380 bits per heavy atom. The predicted molar refractivity (Wildman–Crippen MR) is 377 cm³/mol. The number of aliphatic carboxylic acids is 2. The summed E-state index contributed by atoms with van der Waals surface area (Å²) >= 11 is 0. The summed E-state index contributed by atoms with van der Waals surface area (Å²) in [5, 5.41) is 63.4. The fraction of sp³-hybridized carbons (Fsp3) is 0.849. The number of rotatable bonds is 65. The number of carboxylic acids is 2. The highest BCUT2D eigenvalue weighted by molar-refractivity contribution is 5.77. The van der Waals surface area contributed by atoms with Crippen molar-refractivity contribution in [3.63, 3.8) is 0 Å². The van der Waals surface area contributed by atoms with Gasteiger partial charge >= 0.3 is 18.0 Å². The number of amides is 5. The second kappa shape index (κ2) is 68.6. The maximum atomic E-state index is 13.4. The van der Waals surface area contributed by atoms with Gasteiger partial charge in [0.25, 0.3) is 25.9 Å². The highest BCUT2D eigenvalue weighted by Gasteiger charge is 2.26. The van der Waals surface area contributed by atoms with Crippen molar-refractivity contribution in [2.45, 2.75) is 333 Å². The molecule has 580 valence electrons. The van der Waals surface area contributed by atoms with Crippen LogP contribution in [0.25, 0.3) is 0 Å². The molecule has 0 radical (unpaired) electrons. The average molecular weight is 1430 g/mol. The van der Waals surface area contributed by atoms with Crippen LogP contribution in [0.2, 0.25) is 0 Å². The zero-order chi connectivity index (χ0) is 73.7. The van der Waals surface area contributed by atoms with Crippen LogP contribution < -0.4 is 26.7 Å². The molecule has 0 saturated heterocycles. The largest absolute Gasteiger partial charge is 0.483 e. The van der Waals surface area contributed by atoms with Gasteiger partial charge in [-0.05, 0) is 126 Å². The first-order valence-corrected chi connectivity index (χ1v) is 38.1. The molecule has 0 bridgehead atoms. The minimum atomic E-state index is -1.63. The molecule has 2 aliphatic rings. The SMILES string of the molecule is O=CO.O=CO.O=COCCCCCCCCCCC(=O)NCC1CCC(CCCCCC(=O)N[C@H](CCCCCCONC(CCCCCON(O)C(=O)O)[C@H](CCC(=O)O)NC(=O)CCCCCC2CCC(CNC(=O)CCCCCCCCCCOC=O)CC2)CCC(=O)O)CC1. The molecule has 0 aromatic carbocycles. The van der Waals surface area contributed by atoms with Gasteiger partial charge in [0.15, 0.2) is 0 Å². The third-order valence-electron chi connectivity index (χ3n) is 19.0. The Hall–Kier alpha value is -6.19. The van der Waals surface area contributed by atoms with Crippen molar-refractivity contribution < 1.29 is 103 Å². The standard InChI is InChI=1S/C71H128N6O17.2CH2O2/c78-56-91-50-26-12-7-3-1-5-9-22-34-65(80)72-54-60-42-38-58(39-43-60)30-18-15-24-36-67(82)74-62(46-48-69(84)85)32-20-11-14-28-52-93-76-64(33-21-17-29-53-94-77(90)71(88)89)63(47-49-70(86)87)75-68(83)37-25-16-19-31-59-40-44-61(45-41-59)55-73-66(81)35-23-10-6-2-4-8-13-27-51-92-57-79;2*2-1-3/h56-64,76,90H,1-55H2,(H,72,80)(H,73,81)(H,74,82)(H,75,83)(H,84,85)(H,86,87)(H,88,89);2*1H,(H,2,3)/t58?,59?,60?,61?,62-,63+,64?;;/m1../s1. The van der Waals surface area contributed by atoms with E-state index in [1.54, 1.807) is 0 Å². The molecule has 2 fully saturated rings. The predicted octanol–water partition coefficient (Wildman–Crippen LogP) is 12.9. The summed E-state index contributed by atoms with van der Waals surface area (Å²) < 4.78 is 9.45. The third kappa shape index (κ3) is 60.6. The molecule has 27 nitrogen and oxygen atoms in total. The van der Waals surface area contributed by atoms with Gasteiger partial charge in [-0.3, -0.25) is 53.2 Å². The minimum absolute atomic E-state index is 0.0285. The first-order chi connectivity index (χ1) is 48.5. The van der Waals surface area contributed by atoms with E-state index in [4.69, 9.17) is 44.1 Å². The first kappa shape index (κ1) is 93.8. The number of nitrogens with one attached hydrogen (secondary N) is 5. The smallest absolute Gasteiger partial charge is 0.457 e. The van der Waals surface area contributed by atoms with E-state index in [2.05, 4.69) is 26.7 Å². The van der Waals surface area contributed by atoms with Crippen molar-refractivity contribution >= 4 is 67.5 Å². The summed E-state index contributed by atoms with van der Waals surface area (Å²) in [6.45, 7) is 3.33. The van der Waals surface area contributed by atoms with Crippen LogP contribution in [-0.4, -0.2) is 161 Å². The molecule has 2 aliphatic carbocycles. The third-order valence-corrected chi connectivity index (χ3v) is 19.0. The lowest BCUT2D eigenvalue weighted by Crippen LogP contribution is -2.50. The van der Waals surface area contributed by atoms with Crippen LogP contribution >= 0.6 is 0 Å². The van der Waals surface area contributed by atoms with E-state index in [0.29, 0.717) is 133 Å². The van der Waals surface area contributed by atoms with Gasteiger partial charge in [-0.1, -0.05) is 179 Å². The van der Waals surface area contributed by atoms with Crippen molar-refractivity contribution in [2.75, 3.05) is 39.5 Å². The Bertz CT molecular complexity index is 2080. The van der Waals surface area contributed by atoms with E-state index in [-0.39, 0.29) is 73.7 Å². The lowest BCUT2D eigenvalue weighted by Gasteiger charge is -2.29. The van der Waals surface area contributed by atoms with Crippen molar-refractivity contribution in [2.24, 2.45) is 23.7 Å². The summed E-state index contributed by atoms with van der Waals surface area (Å²) in [7, 11) is 0. The van der Waals surface area contributed by atoms with Crippen LogP contribution in [0.5, 0.6) is 0 Å². The van der Waals surface area contributed by atoms with Crippen molar-refractivity contribution in [1.82, 2.24) is 32.0 Å².